The Hall–Kier alpha value is -4.68. The van der Waals surface area contributed by atoms with Gasteiger partial charge >= 0.3 is 0 Å². The average Bonchev–Trinajstić information content (AvgIpc) is 3.51. The first-order valence-electron chi connectivity index (χ1n) is 12.0. The van der Waals surface area contributed by atoms with Gasteiger partial charge in [-0.1, -0.05) is 60.7 Å². The summed E-state index contributed by atoms with van der Waals surface area (Å²) in [5, 5.41) is 4.48. The molecule has 3 aromatic carbocycles. The average molecular weight is 500 g/mol. The van der Waals surface area contributed by atoms with Crippen LogP contribution in [0.2, 0.25) is 0 Å². The molecule has 6 aromatic rings. The molecule has 178 valence electrons. The molecule has 1 N–H and O–H groups in total. The summed E-state index contributed by atoms with van der Waals surface area (Å²) in [6.07, 6.45) is 0. The SMILES string of the molecule is Cc1ccc(-c2cc(-c3ccccc3)nc3sc4c(c23)Nc2ccccc2N(c2ccccc2)C4=O)o1. The van der Waals surface area contributed by atoms with Crippen LogP contribution in [0, 0.1) is 6.92 Å². The Labute approximate surface area is 217 Å². The topological polar surface area (TPSA) is 58.4 Å². The van der Waals surface area contributed by atoms with E-state index in [4.69, 9.17) is 9.40 Å². The molecular weight excluding hydrogens is 478 g/mol. The van der Waals surface area contributed by atoms with Gasteiger partial charge in [0.1, 0.15) is 21.2 Å². The Morgan fingerprint density at radius 2 is 1.59 bits per heavy atom. The van der Waals surface area contributed by atoms with Gasteiger partial charge in [-0.25, -0.2) is 4.98 Å². The molecular formula is C31H21N3O2S. The lowest BCUT2D eigenvalue weighted by Crippen LogP contribution is -2.24. The second-order valence-electron chi connectivity index (χ2n) is 8.94. The van der Waals surface area contributed by atoms with Crippen LogP contribution < -0.4 is 10.2 Å². The fourth-order valence-electron chi connectivity index (χ4n) is 4.85. The zero-order chi connectivity index (χ0) is 24.9. The Morgan fingerprint density at radius 3 is 2.35 bits per heavy atom. The van der Waals surface area contributed by atoms with Crippen molar-refractivity contribution in [3.8, 4) is 22.6 Å². The van der Waals surface area contributed by atoms with Gasteiger partial charge in [-0.3, -0.25) is 9.69 Å². The minimum atomic E-state index is -0.0931. The molecule has 0 aliphatic carbocycles. The number of fused-ring (bicyclic) bond motifs is 4. The van der Waals surface area contributed by atoms with Crippen molar-refractivity contribution in [2.75, 3.05) is 10.2 Å². The monoisotopic (exact) mass is 499 g/mol. The van der Waals surface area contributed by atoms with Crippen LogP contribution in [0.15, 0.2) is 108 Å². The van der Waals surface area contributed by atoms with Crippen molar-refractivity contribution < 1.29 is 9.21 Å². The van der Waals surface area contributed by atoms with Crippen LogP contribution in [0.5, 0.6) is 0 Å². The minimum Gasteiger partial charge on any atom is -0.461 e. The number of nitrogens with zero attached hydrogens (tertiary/aromatic N) is 2. The summed E-state index contributed by atoms with van der Waals surface area (Å²) < 4.78 is 6.10. The summed E-state index contributed by atoms with van der Waals surface area (Å²) in [5.74, 6) is 1.48. The number of hydrogen-bond donors (Lipinski definition) is 1. The highest BCUT2D eigenvalue weighted by Crippen LogP contribution is 2.48. The molecule has 1 aliphatic rings. The molecule has 0 fully saturated rings. The number of rotatable bonds is 3. The summed E-state index contributed by atoms with van der Waals surface area (Å²) in [5.41, 5.74) is 5.97. The van der Waals surface area contributed by atoms with E-state index in [0.29, 0.717) is 4.88 Å². The Balaban J connectivity index is 1.53. The summed E-state index contributed by atoms with van der Waals surface area (Å²) in [6.45, 7) is 1.93. The Bertz CT molecular complexity index is 1790. The largest absolute Gasteiger partial charge is 0.461 e. The van der Waals surface area contributed by atoms with Crippen LogP contribution in [0.4, 0.5) is 22.7 Å². The molecule has 0 atom stereocenters. The second kappa shape index (κ2) is 8.47. The van der Waals surface area contributed by atoms with E-state index in [-0.39, 0.29) is 5.91 Å². The maximum absolute atomic E-state index is 14.2. The Morgan fingerprint density at radius 1 is 0.865 bits per heavy atom. The number of anilines is 4. The van der Waals surface area contributed by atoms with Crippen molar-refractivity contribution in [1.29, 1.82) is 0 Å². The van der Waals surface area contributed by atoms with Gasteiger partial charge in [0.15, 0.2) is 0 Å². The number of aromatic nitrogens is 1. The molecule has 4 heterocycles. The molecule has 0 spiro atoms. The number of thiophene rings is 1. The Kier molecular flexibility index (Phi) is 4.94. The molecule has 37 heavy (non-hydrogen) atoms. The highest BCUT2D eigenvalue weighted by Gasteiger charge is 2.33. The molecule has 5 nitrogen and oxygen atoms in total. The first-order chi connectivity index (χ1) is 18.2. The van der Waals surface area contributed by atoms with Gasteiger partial charge in [0.2, 0.25) is 0 Å². The molecule has 0 bridgehead atoms. The van der Waals surface area contributed by atoms with Gasteiger partial charge in [-0.05, 0) is 49.4 Å². The third kappa shape index (κ3) is 3.53. The lowest BCUT2D eigenvalue weighted by molar-refractivity contribution is 0.100. The van der Waals surface area contributed by atoms with Crippen LogP contribution in [-0.2, 0) is 0 Å². The smallest absolute Gasteiger partial charge is 0.275 e. The molecule has 0 saturated heterocycles. The molecule has 1 amide bonds. The van der Waals surface area contributed by atoms with E-state index < -0.39 is 0 Å². The molecule has 0 radical (unpaired) electrons. The van der Waals surface area contributed by atoms with Crippen molar-refractivity contribution in [1.82, 2.24) is 4.98 Å². The molecule has 3 aromatic heterocycles. The predicted molar refractivity (Wildman–Crippen MR) is 150 cm³/mol. The molecule has 1 aliphatic heterocycles. The van der Waals surface area contributed by atoms with E-state index in [9.17, 15) is 4.79 Å². The first kappa shape index (κ1) is 21.6. The zero-order valence-corrected chi connectivity index (χ0v) is 20.8. The van der Waals surface area contributed by atoms with E-state index in [0.717, 1.165) is 61.3 Å². The fourth-order valence-corrected chi connectivity index (χ4v) is 5.94. The second-order valence-corrected chi connectivity index (χ2v) is 9.94. The van der Waals surface area contributed by atoms with Crippen LogP contribution in [0.1, 0.15) is 15.4 Å². The van der Waals surface area contributed by atoms with Crippen LogP contribution in [0.25, 0.3) is 32.8 Å². The van der Waals surface area contributed by atoms with Crippen molar-refractivity contribution in [3.05, 3.63) is 114 Å². The van der Waals surface area contributed by atoms with E-state index in [1.807, 2.05) is 104 Å². The van der Waals surface area contributed by atoms with Gasteiger partial charge < -0.3 is 9.73 Å². The summed E-state index contributed by atoms with van der Waals surface area (Å²) in [6, 6.07) is 33.7. The molecule has 6 heteroatoms. The molecule has 0 saturated carbocycles. The third-order valence-electron chi connectivity index (χ3n) is 6.55. The number of aryl methyl sites for hydroxylation is 1. The van der Waals surface area contributed by atoms with Crippen molar-refractivity contribution in [2.24, 2.45) is 0 Å². The normalized spacial score (nSPS) is 12.7. The van der Waals surface area contributed by atoms with Crippen molar-refractivity contribution in [3.63, 3.8) is 0 Å². The fraction of sp³-hybridized carbons (Fsp3) is 0.0323. The number of furan rings is 1. The minimum absolute atomic E-state index is 0.0931. The predicted octanol–water partition coefficient (Wildman–Crippen LogP) is 8.57. The molecule has 0 unspecified atom stereocenters. The highest BCUT2D eigenvalue weighted by atomic mass is 32.1. The van der Waals surface area contributed by atoms with Crippen LogP contribution >= 0.6 is 11.3 Å². The summed E-state index contributed by atoms with van der Waals surface area (Å²) in [4.78, 5) is 22.4. The summed E-state index contributed by atoms with van der Waals surface area (Å²) >= 11 is 1.41. The van der Waals surface area contributed by atoms with E-state index in [2.05, 4.69) is 11.4 Å². The number of carbonyl (C=O) groups excluding carboxylic acids is 1. The lowest BCUT2D eigenvalue weighted by atomic mass is 10.0. The molecule has 7 rings (SSSR count). The standard InChI is InChI=1S/C31H21N3O2S/c1-19-16-17-26(36-19)22-18-24(20-10-4-2-5-11-20)33-30-27(22)28-29(37-30)31(35)34(21-12-6-3-7-13-21)25-15-9-8-14-23(25)32-28/h2-18,32H,1H3. The first-order valence-corrected chi connectivity index (χ1v) is 12.8. The third-order valence-corrected chi connectivity index (χ3v) is 7.63. The van der Waals surface area contributed by atoms with Crippen LogP contribution in [-0.4, -0.2) is 10.9 Å². The highest BCUT2D eigenvalue weighted by molar-refractivity contribution is 7.21. The van der Waals surface area contributed by atoms with Gasteiger partial charge in [0.25, 0.3) is 5.91 Å². The number of pyridine rings is 1. The van der Waals surface area contributed by atoms with Gasteiger partial charge in [-0.15, -0.1) is 11.3 Å². The van der Waals surface area contributed by atoms with Crippen molar-refractivity contribution in [2.45, 2.75) is 6.92 Å². The van der Waals surface area contributed by atoms with E-state index >= 15 is 0 Å². The number of carbonyl (C=O) groups is 1. The van der Waals surface area contributed by atoms with Gasteiger partial charge in [0.05, 0.1) is 22.8 Å². The van der Waals surface area contributed by atoms with Gasteiger partial charge in [-0.2, -0.15) is 0 Å². The number of amides is 1. The maximum atomic E-state index is 14.2. The van der Waals surface area contributed by atoms with Gasteiger partial charge in [0, 0.05) is 22.2 Å². The maximum Gasteiger partial charge on any atom is 0.275 e. The van der Waals surface area contributed by atoms with E-state index in [1.54, 1.807) is 4.90 Å². The van der Waals surface area contributed by atoms with Crippen molar-refractivity contribution >= 4 is 50.2 Å². The lowest BCUT2D eigenvalue weighted by Gasteiger charge is -2.22. The van der Waals surface area contributed by atoms with Crippen LogP contribution in [0.3, 0.4) is 0 Å². The summed E-state index contributed by atoms with van der Waals surface area (Å²) in [7, 11) is 0. The van der Waals surface area contributed by atoms with E-state index in [1.165, 1.54) is 11.3 Å². The number of benzene rings is 3. The number of nitrogens with one attached hydrogen (secondary N) is 1. The number of hydrogen-bond acceptors (Lipinski definition) is 5. The zero-order valence-electron chi connectivity index (χ0n) is 19.9. The number of para-hydroxylation sites is 3. The quantitative estimate of drug-likeness (QED) is 0.265.